The van der Waals surface area contributed by atoms with E-state index < -0.39 is 4.75 Å². The van der Waals surface area contributed by atoms with Crippen molar-refractivity contribution in [1.82, 2.24) is 5.32 Å². The molecule has 0 radical (unpaired) electrons. The van der Waals surface area contributed by atoms with E-state index in [4.69, 9.17) is 0 Å². The largest absolute Gasteiger partial charge is 0.295 e. The number of hydrogen-bond acceptors (Lipinski definition) is 4. The van der Waals surface area contributed by atoms with Crippen LogP contribution in [0.5, 0.6) is 0 Å². The molecular formula is C9H12N2O2S. The smallest absolute Gasteiger partial charge is 0.243 e. The van der Waals surface area contributed by atoms with Crippen molar-refractivity contribution in [1.29, 1.82) is 0 Å². The maximum absolute atomic E-state index is 11.7. The second kappa shape index (κ2) is 3.38. The number of amides is 2. The fourth-order valence-corrected chi connectivity index (χ4v) is 3.09. The first kappa shape index (κ1) is 9.71. The average Bonchev–Trinajstić information content (AvgIpc) is 2.13. The second-order valence-electron chi connectivity index (χ2n) is 3.62. The Kier molecular flexibility index (Phi) is 2.34. The summed E-state index contributed by atoms with van der Waals surface area (Å²) in [6, 6.07) is 0. The van der Waals surface area contributed by atoms with E-state index in [1.54, 1.807) is 0 Å². The number of thioether (sulfide) groups is 1. The highest BCUT2D eigenvalue weighted by Crippen LogP contribution is 2.39. The molecular weight excluding hydrogens is 200 g/mol. The molecule has 1 N–H and O–H groups in total. The zero-order valence-electron chi connectivity index (χ0n) is 8.00. The molecule has 1 fully saturated rings. The number of carbonyl (C=O) groups is 2. The van der Waals surface area contributed by atoms with Gasteiger partial charge in [-0.3, -0.25) is 19.9 Å². The van der Waals surface area contributed by atoms with Crippen LogP contribution in [0.4, 0.5) is 0 Å². The first-order chi connectivity index (χ1) is 6.62. The van der Waals surface area contributed by atoms with Crippen molar-refractivity contribution in [2.45, 2.75) is 30.9 Å². The average molecular weight is 212 g/mol. The molecule has 76 valence electrons. The lowest BCUT2D eigenvalue weighted by atomic mass is 9.93. The highest BCUT2D eigenvalue weighted by molar-refractivity contribution is 8.15. The summed E-state index contributed by atoms with van der Waals surface area (Å²) in [5.74, 6) is -0.283. The van der Waals surface area contributed by atoms with Crippen LogP contribution in [0.1, 0.15) is 26.2 Å². The molecule has 4 nitrogen and oxygen atoms in total. The van der Waals surface area contributed by atoms with E-state index >= 15 is 0 Å². The summed E-state index contributed by atoms with van der Waals surface area (Å²) in [7, 11) is 0. The van der Waals surface area contributed by atoms with E-state index in [2.05, 4.69) is 10.3 Å². The van der Waals surface area contributed by atoms with Gasteiger partial charge in [0.2, 0.25) is 11.8 Å². The van der Waals surface area contributed by atoms with Gasteiger partial charge in [-0.2, -0.15) is 0 Å². The first-order valence-electron chi connectivity index (χ1n) is 4.67. The highest BCUT2D eigenvalue weighted by Gasteiger charge is 2.44. The minimum Gasteiger partial charge on any atom is -0.295 e. The van der Waals surface area contributed by atoms with E-state index in [-0.39, 0.29) is 11.8 Å². The number of carbonyl (C=O) groups excluding carboxylic acids is 2. The van der Waals surface area contributed by atoms with Crippen LogP contribution in [0.3, 0.4) is 0 Å². The second-order valence-corrected chi connectivity index (χ2v) is 5.20. The third-order valence-corrected chi connectivity index (χ3v) is 4.02. The lowest BCUT2D eigenvalue weighted by Crippen LogP contribution is -2.53. The maximum atomic E-state index is 11.7. The molecule has 0 aliphatic carbocycles. The summed E-state index contributed by atoms with van der Waals surface area (Å²) in [5.41, 5.74) is 0. The molecule has 14 heavy (non-hydrogen) atoms. The lowest BCUT2D eigenvalue weighted by molar-refractivity contribution is -0.135. The monoisotopic (exact) mass is 212 g/mol. The van der Waals surface area contributed by atoms with Crippen LogP contribution in [-0.2, 0) is 9.59 Å². The third-order valence-electron chi connectivity index (χ3n) is 2.62. The molecule has 1 spiro atoms. The van der Waals surface area contributed by atoms with Crippen LogP contribution in [0.15, 0.2) is 4.99 Å². The van der Waals surface area contributed by atoms with Gasteiger partial charge in [-0.1, -0.05) is 11.8 Å². The van der Waals surface area contributed by atoms with Gasteiger partial charge < -0.3 is 0 Å². The Morgan fingerprint density at radius 2 is 2.21 bits per heavy atom. The summed E-state index contributed by atoms with van der Waals surface area (Å²) >= 11 is 1.51. The first-order valence-corrected chi connectivity index (χ1v) is 5.48. The van der Waals surface area contributed by atoms with Gasteiger partial charge in [0, 0.05) is 13.0 Å². The van der Waals surface area contributed by atoms with Crippen molar-refractivity contribution in [2.24, 2.45) is 4.99 Å². The summed E-state index contributed by atoms with van der Waals surface area (Å²) < 4.78 is -0.417. The van der Waals surface area contributed by atoms with Gasteiger partial charge in [0.1, 0.15) is 4.75 Å². The molecule has 2 rings (SSSR count). The summed E-state index contributed by atoms with van der Waals surface area (Å²) in [6.45, 7) is 2.61. The summed E-state index contributed by atoms with van der Waals surface area (Å²) in [4.78, 5) is 27.0. The number of hydrogen-bond donors (Lipinski definition) is 1. The number of imide groups is 1. The van der Waals surface area contributed by atoms with Crippen LogP contribution in [0, 0.1) is 0 Å². The number of aliphatic imine (C=N–C) groups is 1. The Labute approximate surface area is 86.5 Å². The number of rotatable bonds is 0. The van der Waals surface area contributed by atoms with Crippen LogP contribution < -0.4 is 5.32 Å². The van der Waals surface area contributed by atoms with Gasteiger partial charge in [-0.15, -0.1) is 0 Å². The van der Waals surface area contributed by atoms with Gasteiger partial charge in [0.05, 0.1) is 5.04 Å². The van der Waals surface area contributed by atoms with Gasteiger partial charge in [0.15, 0.2) is 0 Å². The lowest BCUT2D eigenvalue weighted by Gasteiger charge is -2.36. The molecule has 0 aromatic carbocycles. The molecule has 1 unspecified atom stereocenters. The molecule has 2 aliphatic rings. The number of nitrogens with zero attached hydrogens (tertiary/aromatic N) is 1. The Hall–Kier alpha value is -0.840. The topological polar surface area (TPSA) is 58.5 Å². The van der Waals surface area contributed by atoms with E-state index in [0.717, 1.165) is 11.5 Å². The Bertz CT molecular complexity index is 327. The molecule has 0 aromatic heterocycles. The van der Waals surface area contributed by atoms with Gasteiger partial charge >= 0.3 is 0 Å². The summed E-state index contributed by atoms with van der Waals surface area (Å²) in [6.07, 6.45) is 1.84. The fraction of sp³-hybridized carbons (Fsp3) is 0.667. The van der Waals surface area contributed by atoms with Gasteiger partial charge in [-0.05, 0) is 19.8 Å². The van der Waals surface area contributed by atoms with Crippen molar-refractivity contribution < 1.29 is 9.59 Å². The Morgan fingerprint density at radius 3 is 2.86 bits per heavy atom. The van der Waals surface area contributed by atoms with E-state index in [1.165, 1.54) is 11.8 Å². The SMILES string of the molecule is CC1=NCCC2(CCC(=O)NC2=O)S1. The molecule has 1 atom stereocenters. The molecule has 2 amide bonds. The van der Waals surface area contributed by atoms with Crippen molar-refractivity contribution in [3.63, 3.8) is 0 Å². The standard InChI is InChI=1S/C9H12N2O2S/c1-6-10-5-4-9(14-6)3-2-7(12)11-8(9)13/h2-5H2,1H3,(H,11,12,13). The number of nitrogens with one attached hydrogen (secondary N) is 1. The molecule has 2 heterocycles. The van der Waals surface area contributed by atoms with E-state index in [1.807, 2.05) is 6.92 Å². The minimum atomic E-state index is -0.417. The van der Waals surface area contributed by atoms with E-state index in [9.17, 15) is 9.59 Å². The third kappa shape index (κ3) is 1.56. The van der Waals surface area contributed by atoms with Crippen molar-refractivity contribution in [3.05, 3.63) is 0 Å². The summed E-state index contributed by atoms with van der Waals surface area (Å²) in [5, 5.41) is 3.35. The predicted octanol–water partition coefficient (Wildman–Crippen LogP) is 0.717. The minimum absolute atomic E-state index is 0.131. The van der Waals surface area contributed by atoms with Crippen LogP contribution >= 0.6 is 11.8 Å². The molecule has 0 saturated carbocycles. The Balaban J connectivity index is 2.20. The normalized spacial score (nSPS) is 32.8. The molecule has 0 bridgehead atoms. The molecule has 2 aliphatic heterocycles. The van der Waals surface area contributed by atoms with Crippen molar-refractivity contribution in [3.8, 4) is 0 Å². The predicted molar refractivity (Wildman–Crippen MR) is 55.3 cm³/mol. The van der Waals surface area contributed by atoms with Crippen molar-refractivity contribution >= 4 is 28.6 Å². The van der Waals surface area contributed by atoms with Crippen molar-refractivity contribution in [2.75, 3.05) is 6.54 Å². The molecule has 1 saturated heterocycles. The zero-order valence-corrected chi connectivity index (χ0v) is 8.82. The number of piperidine rings is 1. The highest BCUT2D eigenvalue weighted by atomic mass is 32.2. The zero-order chi connectivity index (χ0) is 10.2. The van der Waals surface area contributed by atoms with E-state index in [0.29, 0.717) is 19.4 Å². The Morgan fingerprint density at radius 1 is 1.43 bits per heavy atom. The van der Waals surface area contributed by atoms with Crippen LogP contribution in [0.25, 0.3) is 0 Å². The van der Waals surface area contributed by atoms with Crippen LogP contribution in [-0.4, -0.2) is 28.1 Å². The van der Waals surface area contributed by atoms with Gasteiger partial charge in [-0.25, -0.2) is 0 Å². The molecule has 5 heteroatoms. The quantitative estimate of drug-likeness (QED) is 0.602. The van der Waals surface area contributed by atoms with Crippen LogP contribution in [0.2, 0.25) is 0 Å². The maximum Gasteiger partial charge on any atom is 0.243 e. The van der Waals surface area contributed by atoms with Gasteiger partial charge in [0.25, 0.3) is 0 Å². The fourth-order valence-electron chi connectivity index (χ4n) is 1.83. The molecule has 0 aromatic rings.